The Morgan fingerprint density at radius 2 is 1.33 bits per heavy atom. The molecule has 0 aliphatic carbocycles. The van der Waals surface area contributed by atoms with Crippen LogP contribution in [0.4, 0.5) is 5.69 Å². The predicted molar refractivity (Wildman–Crippen MR) is 174 cm³/mol. The van der Waals surface area contributed by atoms with Crippen molar-refractivity contribution in [3.8, 4) is 0 Å². The van der Waals surface area contributed by atoms with E-state index in [0.29, 0.717) is 5.69 Å². The Hall–Kier alpha value is -3.95. The predicted octanol–water partition coefficient (Wildman–Crippen LogP) is 6.20. The zero-order chi connectivity index (χ0) is 30.8. The molecular formula is C34H36BrN3O4S. The number of hydrogen-bond donors (Lipinski definition) is 1. The van der Waals surface area contributed by atoms with Crippen molar-refractivity contribution in [2.24, 2.45) is 0 Å². The highest BCUT2D eigenvalue weighted by molar-refractivity contribution is 9.10. The van der Waals surface area contributed by atoms with Crippen LogP contribution in [-0.2, 0) is 32.6 Å². The maximum atomic E-state index is 14.4. The van der Waals surface area contributed by atoms with Gasteiger partial charge in [0.2, 0.25) is 11.8 Å². The van der Waals surface area contributed by atoms with Gasteiger partial charge in [-0.05, 0) is 60.9 Å². The highest BCUT2D eigenvalue weighted by atomic mass is 79.9. The number of carbonyl (C=O) groups excluding carboxylic acids is 2. The van der Waals surface area contributed by atoms with Gasteiger partial charge in [0.1, 0.15) is 12.6 Å². The number of hydrogen-bond acceptors (Lipinski definition) is 4. The molecule has 4 aromatic carbocycles. The maximum absolute atomic E-state index is 14.4. The Morgan fingerprint density at radius 1 is 0.791 bits per heavy atom. The Labute approximate surface area is 262 Å². The summed E-state index contributed by atoms with van der Waals surface area (Å²) in [6, 6.07) is 32.7. The van der Waals surface area contributed by atoms with Gasteiger partial charge in [0.05, 0.1) is 10.6 Å². The molecule has 4 rings (SSSR count). The quantitative estimate of drug-likeness (QED) is 0.185. The second-order valence-corrected chi connectivity index (χ2v) is 13.1. The van der Waals surface area contributed by atoms with Crippen LogP contribution in [-0.4, -0.2) is 43.8 Å². The zero-order valence-electron chi connectivity index (χ0n) is 24.3. The van der Waals surface area contributed by atoms with Crippen molar-refractivity contribution >= 4 is 43.5 Å². The van der Waals surface area contributed by atoms with Gasteiger partial charge < -0.3 is 10.2 Å². The first-order valence-corrected chi connectivity index (χ1v) is 16.4. The Balaban J connectivity index is 1.78. The minimum atomic E-state index is -4.13. The van der Waals surface area contributed by atoms with E-state index in [9.17, 15) is 18.0 Å². The van der Waals surface area contributed by atoms with Gasteiger partial charge in [-0.1, -0.05) is 102 Å². The van der Waals surface area contributed by atoms with Crippen LogP contribution in [0.15, 0.2) is 125 Å². The lowest BCUT2D eigenvalue weighted by atomic mass is 10.0. The van der Waals surface area contributed by atoms with Gasteiger partial charge in [-0.15, -0.1) is 0 Å². The number of nitrogens with zero attached hydrogens (tertiary/aromatic N) is 2. The monoisotopic (exact) mass is 661 g/mol. The Bertz CT molecular complexity index is 1590. The van der Waals surface area contributed by atoms with Crippen molar-refractivity contribution in [3.05, 3.63) is 131 Å². The topological polar surface area (TPSA) is 86.8 Å². The summed E-state index contributed by atoms with van der Waals surface area (Å²) in [5.41, 5.74) is 2.05. The van der Waals surface area contributed by atoms with Gasteiger partial charge >= 0.3 is 0 Å². The molecule has 0 saturated carbocycles. The molecule has 0 aromatic heterocycles. The number of benzene rings is 4. The van der Waals surface area contributed by atoms with Crippen LogP contribution in [0.3, 0.4) is 0 Å². The van der Waals surface area contributed by atoms with E-state index in [0.717, 1.165) is 26.3 Å². The van der Waals surface area contributed by atoms with Crippen molar-refractivity contribution in [3.63, 3.8) is 0 Å². The highest BCUT2D eigenvalue weighted by Gasteiger charge is 2.34. The van der Waals surface area contributed by atoms with Crippen LogP contribution in [0.1, 0.15) is 31.4 Å². The summed E-state index contributed by atoms with van der Waals surface area (Å²) in [6.45, 7) is 3.54. The van der Waals surface area contributed by atoms with Gasteiger partial charge in [0, 0.05) is 23.5 Å². The molecule has 7 nitrogen and oxygen atoms in total. The normalized spacial score (nSPS) is 12.6. The van der Waals surface area contributed by atoms with E-state index in [1.165, 1.54) is 17.0 Å². The average molecular weight is 663 g/mol. The van der Waals surface area contributed by atoms with Crippen LogP contribution in [0, 0.1) is 0 Å². The van der Waals surface area contributed by atoms with Crippen LogP contribution < -0.4 is 9.62 Å². The van der Waals surface area contributed by atoms with Crippen molar-refractivity contribution in [2.75, 3.05) is 10.8 Å². The summed E-state index contributed by atoms with van der Waals surface area (Å²) >= 11 is 3.41. The van der Waals surface area contributed by atoms with Crippen LogP contribution in [0.5, 0.6) is 0 Å². The molecular weight excluding hydrogens is 626 g/mol. The molecule has 1 N–H and O–H groups in total. The van der Waals surface area contributed by atoms with E-state index < -0.39 is 28.5 Å². The first-order chi connectivity index (χ1) is 20.7. The van der Waals surface area contributed by atoms with Crippen molar-refractivity contribution < 1.29 is 18.0 Å². The average Bonchev–Trinajstić information content (AvgIpc) is 3.03. The van der Waals surface area contributed by atoms with E-state index in [1.54, 1.807) is 42.5 Å². The van der Waals surface area contributed by atoms with Crippen LogP contribution >= 0.6 is 15.9 Å². The van der Waals surface area contributed by atoms with Gasteiger partial charge in [-0.25, -0.2) is 8.42 Å². The van der Waals surface area contributed by atoms with Crippen LogP contribution in [0.2, 0.25) is 0 Å². The number of sulfonamides is 1. The molecule has 0 heterocycles. The van der Waals surface area contributed by atoms with E-state index in [2.05, 4.69) is 21.2 Å². The fraction of sp³-hybridized carbons (Fsp3) is 0.235. The molecule has 9 heteroatoms. The third-order valence-electron chi connectivity index (χ3n) is 7.19. The molecule has 4 aromatic rings. The minimum absolute atomic E-state index is 0.0654. The lowest BCUT2D eigenvalue weighted by Crippen LogP contribution is -2.54. The molecule has 0 aliphatic rings. The smallest absolute Gasteiger partial charge is 0.264 e. The van der Waals surface area contributed by atoms with E-state index >= 15 is 0 Å². The number of rotatable bonds is 13. The van der Waals surface area contributed by atoms with Crippen molar-refractivity contribution in [2.45, 2.75) is 50.2 Å². The number of amides is 2. The SMILES string of the molecule is CC[C@H](C)NC(=O)[C@H](Cc1ccccc1)N(Cc1ccccc1)C(=O)CN(c1ccc(Br)cc1)S(=O)(=O)c1ccccc1. The first-order valence-electron chi connectivity index (χ1n) is 14.2. The number of anilines is 1. The van der Waals surface area contributed by atoms with Gasteiger partial charge in [-0.2, -0.15) is 0 Å². The Kier molecular flexibility index (Phi) is 11.1. The second-order valence-electron chi connectivity index (χ2n) is 10.3. The summed E-state index contributed by atoms with van der Waals surface area (Å²) in [5.74, 6) is -0.782. The zero-order valence-corrected chi connectivity index (χ0v) is 26.7. The minimum Gasteiger partial charge on any atom is -0.352 e. The molecule has 0 unspecified atom stereocenters. The molecule has 0 radical (unpaired) electrons. The molecule has 43 heavy (non-hydrogen) atoms. The largest absolute Gasteiger partial charge is 0.352 e. The van der Waals surface area contributed by atoms with Gasteiger partial charge in [-0.3, -0.25) is 13.9 Å². The van der Waals surface area contributed by atoms with E-state index in [4.69, 9.17) is 0 Å². The fourth-order valence-corrected chi connectivity index (χ4v) is 6.33. The molecule has 0 aliphatic heterocycles. The summed E-state index contributed by atoms with van der Waals surface area (Å²) in [6.07, 6.45) is 0.995. The maximum Gasteiger partial charge on any atom is 0.264 e. The third kappa shape index (κ3) is 8.55. The summed E-state index contributed by atoms with van der Waals surface area (Å²) < 4.78 is 29.8. The number of halogens is 1. The Morgan fingerprint density at radius 3 is 1.88 bits per heavy atom. The molecule has 2 amide bonds. The molecule has 0 spiro atoms. The van der Waals surface area contributed by atoms with Gasteiger partial charge in [0.15, 0.2) is 0 Å². The lowest BCUT2D eigenvalue weighted by molar-refractivity contribution is -0.140. The summed E-state index contributed by atoms with van der Waals surface area (Å²) in [5, 5.41) is 3.05. The first kappa shape index (κ1) is 32.0. The molecule has 0 fully saturated rings. The third-order valence-corrected chi connectivity index (χ3v) is 9.51. The molecule has 0 bridgehead atoms. The highest BCUT2D eigenvalue weighted by Crippen LogP contribution is 2.26. The number of carbonyl (C=O) groups is 2. The van der Waals surface area contributed by atoms with Gasteiger partial charge in [0.25, 0.3) is 10.0 Å². The molecule has 2 atom stereocenters. The number of nitrogens with one attached hydrogen (secondary N) is 1. The standard InChI is InChI=1S/C34H36BrN3O4S/c1-3-26(2)36-34(40)32(23-27-13-7-4-8-14-27)37(24-28-15-9-5-10-16-28)33(39)25-38(30-21-19-29(35)20-22-30)43(41,42)31-17-11-6-12-18-31/h4-22,26,32H,3,23-25H2,1-2H3,(H,36,40)/t26-,32-/m0/s1. The summed E-state index contributed by atoms with van der Waals surface area (Å²) in [7, 11) is -4.13. The van der Waals surface area contributed by atoms with E-state index in [1.807, 2.05) is 74.5 Å². The molecule has 224 valence electrons. The van der Waals surface area contributed by atoms with Crippen molar-refractivity contribution in [1.82, 2.24) is 10.2 Å². The fourth-order valence-electron chi connectivity index (χ4n) is 4.63. The van der Waals surface area contributed by atoms with Crippen molar-refractivity contribution in [1.29, 1.82) is 0 Å². The second kappa shape index (κ2) is 15.0. The summed E-state index contributed by atoms with van der Waals surface area (Å²) in [4.78, 5) is 29.8. The molecule has 0 saturated heterocycles. The van der Waals surface area contributed by atoms with Crippen LogP contribution in [0.25, 0.3) is 0 Å². The lowest BCUT2D eigenvalue weighted by Gasteiger charge is -2.34. The van der Waals surface area contributed by atoms with E-state index in [-0.39, 0.29) is 29.8 Å².